The molecule has 3 rings (SSSR count). The predicted molar refractivity (Wildman–Crippen MR) is 83.3 cm³/mol. The van der Waals surface area contributed by atoms with Gasteiger partial charge in [0.25, 0.3) is 11.8 Å². The number of carbonyl (C=O) groups is 1. The number of methoxy groups -OCH3 is 1. The van der Waals surface area contributed by atoms with Crippen molar-refractivity contribution in [1.82, 2.24) is 10.1 Å². The smallest absolute Gasteiger partial charge is 0.270 e. The summed E-state index contributed by atoms with van der Waals surface area (Å²) in [5.41, 5.74) is 1.09. The Morgan fingerprint density at radius 1 is 1.32 bits per heavy atom. The highest BCUT2D eigenvalue weighted by Gasteiger charge is 2.17. The van der Waals surface area contributed by atoms with Gasteiger partial charge in [-0.2, -0.15) is 4.98 Å². The molecule has 7 heteroatoms. The molecule has 0 aliphatic rings. The number of para-hydroxylation sites is 1. The monoisotopic (exact) mass is 315 g/mol. The van der Waals surface area contributed by atoms with Crippen LogP contribution in [-0.2, 0) is 0 Å². The summed E-state index contributed by atoms with van der Waals surface area (Å²) in [4.78, 5) is 17.3. The van der Waals surface area contributed by atoms with Crippen molar-refractivity contribution in [3.63, 3.8) is 0 Å². The topological polar surface area (TPSA) is 77.2 Å². The van der Waals surface area contributed by atoms with Crippen molar-refractivity contribution in [2.45, 2.75) is 6.92 Å². The molecule has 0 bridgehead atoms. The summed E-state index contributed by atoms with van der Waals surface area (Å²) in [5, 5.41) is 8.47. The van der Waals surface area contributed by atoms with Gasteiger partial charge in [-0.05, 0) is 30.5 Å². The lowest BCUT2D eigenvalue weighted by Gasteiger charge is -2.08. The van der Waals surface area contributed by atoms with E-state index in [0.717, 1.165) is 4.88 Å². The molecule has 3 aromatic rings. The molecular formula is C15H13N3O3S. The molecule has 0 spiro atoms. The molecule has 0 aliphatic heterocycles. The van der Waals surface area contributed by atoms with Gasteiger partial charge in [-0.1, -0.05) is 17.3 Å². The van der Waals surface area contributed by atoms with E-state index in [-0.39, 0.29) is 5.91 Å². The Morgan fingerprint density at radius 3 is 2.86 bits per heavy atom. The minimum atomic E-state index is -0.256. The number of nitrogens with zero attached hydrogens (tertiary/aromatic N) is 2. The molecule has 0 unspecified atom stereocenters. The van der Waals surface area contributed by atoms with Crippen LogP contribution in [0.3, 0.4) is 0 Å². The van der Waals surface area contributed by atoms with E-state index in [0.29, 0.717) is 28.7 Å². The Kier molecular flexibility index (Phi) is 3.88. The average molecular weight is 315 g/mol. The molecule has 2 aromatic heterocycles. The van der Waals surface area contributed by atoms with E-state index in [1.807, 2.05) is 11.4 Å². The Balaban J connectivity index is 1.88. The molecule has 1 aromatic carbocycles. The minimum absolute atomic E-state index is 0.256. The molecule has 22 heavy (non-hydrogen) atoms. The first-order chi connectivity index (χ1) is 10.7. The van der Waals surface area contributed by atoms with E-state index in [1.165, 1.54) is 18.4 Å². The van der Waals surface area contributed by atoms with E-state index >= 15 is 0 Å². The third kappa shape index (κ3) is 2.71. The summed E-state index contributed by atoms with van der Waals surface area (Å²) in [7, 11) is 1.53. The van der Waals surface area contributed by atoms with Crippen molar-refractivity contribution in [2.24, 2.45) is 0 Å². The SMILES string of the molecule is COc1ccccc1C(=O)Nc1ccsc1-c1nc(C)no1. The van der Waals surface area contributed by atoms with Crippen LogP contribution in [0.1, 0.15) is 16.2 Å². The number of rotatable bonds is 4. The van der Waals surface area contributed by atoms with Crippen molar-refractivity contribution < 1.29 is 14.1 Å². The fourth-order valence-corrected chi connectivity index (χ4v) is 2.75. The molecule has 0 radical (unpaired) electrons. The molecular weight excluding hydrogens is 302 g/mol. The number of benzene rings is 1. The largest absolute Gasteiger partial charge is 0.496 e. The quantitative estimate of drug-likeness (QED) is 0.798. The Morgan fingerprint density at radius 2 is 2.14 bits per heavy atom. The van der Waals surface area contributed by atoms with Crippen LogP contribution in [-0.4, -0.2) is 23.2 Å². The van der Waals surface area contributed by atoms with Crippen LogP contribution in [0.25, 0.3) is 10.8 Å². The zero-order valence-corrected chi connectivity index (χ0v) is 12.8. The van der Waals surface area contributed by atoms with Gasteiger partial charge in [0.1, 0.15) is 10.6 Å². The van der Waals surface area contributed by atoms with Crippen LogP contribution in [0.5, 0.6) is 5.75 Å². The highest BCUT2D eigenvalue weighted by atomic mass is 32.1. The molecule has 0 fully saturated rings. The maximum Gasteiger partial charge on any atom is 0.270 e. The second kappa shape index (κ2) is 5.98. The molecule has 6 nitrogen and oxygen atoms in total. The van der Waals surface area contributed by atoms with Gasteiger partial charge in [0.15, 0.2) is 5.82 Å². The Hall–Kier alpha value is -2.67. The summed E-state index contributed by atoms with van der Waals surface area (Å²) < 4.78 is 10.4. The second-order valence-electron chi connectivity index (χ2n) is 4.46. The van der Waals surface area contributed by atoms with Gasteiger partial charge in [-0.25, -0.2) is 0 Å². The first-order valence-corrected chi connectivity index (χ1v) is 7.39. The number of thiophene rings is 1. The predicted octanol–water partition coefficient (Wildman–Crippen LogP) is 3.37. The number of hydrogen-bond acceptors (Lipinski definition) is 6. The molecule has 0 atom stereocenters. The van der Waals surface area contributed by atoms with Crippen molar-refractivity contribution >= 4 is 22.9 Å². The maximum atomic E-state index is 12.4. The lowest BCUT2D eigenvalue weighted by molar-refractivity contribution is 0.102. The van der Waals surface area contributed by atoms with Crippen LogP contribution in [0.2, 0.25) is 0 Å². The summed E-state index contributed by atoms with van der Waals surface area (Å²) in [6, 6.07) is 8.84. The van der Waals surface area contributed by atoms with Gasteiger partial charge in [-0.15, -0.1) is 11.3 Å². The van der Waals surface area contributed by atoms with Crippen molar-refractivity contribution in [1.29, 1.82) is 0 Å². The molecule has 112 valence electrons. The van der Waals surface area contributed by atoms with Crippen LogP contribution < -0.4 is 10.1 Å². The van der Waals surface area contributed by atoms with Crippen LogP contribution in [0.15, 0.2) is 40.2 Å². The first kappa shape index (κ1) is 14.3. The highest BCUT2D eigenvalue weighted by Crippen LogP contribution is 2.33. The van der Waals surface area contributed by atoms with Crippen molar-refractivity contribution in [2.75, 3.05) is 12.4 Å². The summed E-state index contributed by atoms with van der Waals surface area (Å²) in [5.74, 6) is 1.20. The molecule has 0 aliphatic carbocycles. The highest BCUT2D eigenvalue weighted by molar-refractivity contribution is 7.14. The van der Waals surface area contributed by atoms with E-state index in [4.69, 9.17) is 9.26 Å². The number of aromatic nitrogens is 2. The molecule has 0 saturated carbocycles. The summed E-state index contributed by atoms with van der Waals surface area (Å²) in [6.45, 7) is 1.74. The third-order valence-corrected chi connectivity index (χ3v) is 3.89. The Bertz CT molecular complexity index is 810. The number of amides is 1. The first-order valence-electron chi connectivity index (χ1n) is 6.51. The summed E-state index contributed by atoms with van der Waals surface area (Å²) in [6.07, 6.45) is 0. The lowest BCUT2D eigenvalue weighted by Crippen LogP contribution is -2.13. The van der Waals surface area contributed by atoms with E-state index < -0.39 is 0 Å². The van der Waals surface area contributed by atoms with Crippen molar-refractivity contribution in [3.8, 4) is 16.5 Å². The van der Waals surface area contributed by atoms with Crippen LogP contribution >= 0.6 is 11.3 Å². The van der Waals surface area contributed by atoms with E-state index in [9.17, 15) is 4.79 Å². The van der Waals surface area contributed by atoms with Gasteiger partial charge in [-0.3, -0.25) is 4.79 Å². The fourth-order valence-electron chi connectivity index (χ4n) is 1.98. The van der Waals surface area contributed by atoms with Crippen LogP contribution in [0.4, 0.5) is 5.69 Å². The Labute approximate surface area is 130 Å². The normalized spacial score (nSPS) is 10.5. The van der Waals surface area contributed by atoms with Gasteiger partial charge < -0.3 is 14.6 Å². The zero-order chi connectivity index (χ0) is 15.5. The van der Waals surface area contributed by atoms with Gasteiger partial charge in [0, 0.05) is 0 Å². The lowest BCUT2D eigenvalue weighted by atomic mass is 10.2. The molecule has 2 heterocycles. The molecule has 0 saturated heterocycles. The summed E-state index contributed by atoms with van der Waals surface area (Å²) >= 11 is 1.42. The van der Waals surface area contributed by atoms with Gasteiger partial charge >= 0.3 is 0 Å². The number of nitrogens with one attached hydrogen (secondary N) is 1. The average Bonchev–Trinajstić information content (AvgIpc) is 3.15. The number of aryl methyl sites for hydroxylation is 1. The maximum absolute atomic E-state index is 12.4. The molecule has 1 N–H and O–H groups in total. The number of anilines is 1. The number of ether oxygens (including phenoxy) is 1. The van der Waals surface area contributed by atoms with Gasteiger partial charge in [0.05, 0.1) is 18.4 Å². The second-order valence-corrected chi connectivity index (χ2v) is 5.38. The molecule has 1 amide bonds. The standard InChI is InChI=1S/C15H13N3O3S/c1-9-16-15(21-18-9)13-11(7-8-22-13)17-14(19)10-5-3-4-6-12(10)20-2/h3-8H,1-2H3,(H,17,19). The zero-order valence-electron chi connectivity index (χ0n) is 12.0. The minimum Gasteiger partial charge on any atom is -0.496 e. The van der Waals surface area contributed by atoms with Crippen LogP contribution in [0, 0.1) is 6.92 Å². The fraction of sp³-hybridized carbons (Fsp3) is 0.133. The van der Waals surface area contributed by atoms with Crippen molar-refractivity contribution in [3.05, 3.63) is 47.1 Å². The van der Waals surface area contributed by atoms with Gasteiger partial charge in [0.2, 0.25) is 0 Å². The van der Waals surface area contributed by atoms with E-state index in [1.54, 1.807) is 31.2 Å². The number of hydrogen-bond donors (Lipinski definition) is 1. The van der Waals surface area contributed by atoms with E-state index in [2.05, 4.69) is 15.5 Å². The third-order valence-electron chi connectivity index (χ3n) is 2.99. The number of carbonyl (C=O) groups excluding carboxylic acids is 1.